The maximum absolute atomic E-state index is 12.7. The van der Waals surface area contributed by atoms with Crippen LogP contribution in [0, 0.1) is 13.8 Å². The molecule has 128 valence electrons. The molecule has 1 aromatic heterocycles. The summed E-state index contributed by atoms with van der Waals surface area (Å²) >= 11 is 6.14. The van der Waals surface area contributed by atoms with Gasteiger partial charge >= 0.3 is 0 Å². The van der Waals surface area contributed by atoms with Crippen LogP contribution >= 0.6 is 11.6 Å². The third-order valence-corrected chi connectivity index (χ3v) is 4.74. The van der Waals surface area contributed by atoms with Gasteiger partial charge in [-0.25, -0.2) is 0 Å². The van der Waals surface area contributed by atoms with Crippen LogP contribution in [0.1, 0.15) is 29.2 Å². The summed E-state index contributed by atoms with van der Waals surface area (Å²) in [6.45, 7) is 3.97. The second-order valence-corrected chi connectivity index (χ2v) is 6.63. The molecule has 0 aliphatic heterocycles. The maximum Gasteiger partial charge on any atom is 0.226 e. The number of rotatable bonds is 5. The molecule has 4 heteroatoms. The molecule has 0 bridgehead atoms. The van der Waals surface area contributed by atoms with Crippen LogP contribution in [0.3, 0.4) is 0 Å². The molecule has 0 fully saturated rings. The Morgan fingerprint density at radius 1 is 1.08 bits per heavy atom. The Labute approximate surface area is 153 Å². The average Bonchev–Trinajstić information content (AvgIpc) is 3.11. The SMILES string of the molecule is Cc1cccc(C(CC(=O)Nc2cccc(Cl)c2C)n2cccc2)c1. The van der Waals surface area contributed by atoms with Crippen LogP contribution in [-0.2, 0) is 4.79 Å². The number of halogens is 1. The highest BCUT2D eigenvalue weighted by Crippen LogP contribution is 2.26. The summed E-state index contributed by atoms with van der Waals surface area (Å²) in [7, 11) is 0. The molecule has 1 unspecified atom stereocenters. The second kappa shape index (κ2) is 7.58. The van der Waals surface area contributed by atoms with Crippen molar-refractivity contribution < 1.29 is 4.79 Å². The molecule has 3 rings (SSSR count). The van der Waals surface area contributed by atoms with E-state index in [9.17, 15) is 4.79 Å². The fraction of sp³-hybridized carbons (Fsp3) is 0.190. The number of amides is 1. The van der Waals surface area contributed by atoms with Crippen molar-refractivity contribution in [1.29, 1.82) is 0 Å². The smallest absolute Gasteiger partial charge is 0.226 e. The first-order chi connectivity index (χ1) is 12.0. The Hall–Kier alpha value is -2.52. The van der Waals surface area contributed by atoms with Gasteiger partial charge in [-0.3, -0.25) is 4.79 Å². The number of anilines is 1. The fourth-order valence-corrected chi connectivity index (χ4v) is 3.12. The summed E-state index contributed by atoms with van der Waals surface area (Å²) in [6.07, 6.45) is 4.33. The van der Waals surface area contributed by atoms with Crippen molar-refractivity contribution in [2.45, 2.75) is 26.3 Å². The molecule has 0 saturated heterocycles. The number of carbonyl (C=O) groups is 1. The maximum atomic E-state index is 12.7. The van der Waals surface area contributed by atoms with Crippen molar-refractivity contribution >= 4 is 23.2 Å². The van der Waals surface area contributed by atoms with Crippen molar-refractivity contribution in [3.8, 4) is 0 Å². The minimum absolute atomic E-state index is 0.0365. The van der Waals surface area contributed by atoms with Gasteiger partial charge in [0.1, 0.15) is 0 Å². The van der Waals surface area contributed by atoms with Crippen molar-refractivity contribution in [3.63, 3.8) is 0 Å². The molecule has 0 aliphatic carbocycles. The van der Waals surface area contributed by atoms with Crippen LogP contribution < -0.4 is 5.32 Å². The Bertz CT molecular complexity index is 871. The number of aromatic nitrogens is 1. The largest absolute Gasteiger partial charge is 0.346 e. The summed E-state index contributed by atoms with van der Waals surface area (Å²) in [5.74, 6) is -0.0365. The van der Waals surface area contributed by atoms with E-state index in [1.165, 1.54) is 5.56 Å². The van der Waals surface area contributed by atoms with Crippen molar-refractivity contribution in [1.82, 2.24) is 4.57 Å². The van der Waals surface area contributed by atoms with E-state index in [2.05, 4.69) is 35.0 Å². The van der Waals surface area contributed by atoms with E-state index >= 15 is 0 Å². The molecular formula is C21H21ClN2O. The van der Waals surface area contributed by atoms with Gasteiger partial charge in [-0.15, -0.1) is 0 Å². The van der Waals surface area contributed by atoms with E-state index in [0.717, 1.165) is 16.8 Å². The zero-order valence-corrected chi connectivity index (χ0v) is 15.1. The lowest BCUT2D eigenvalue weighted by Crippen LogP contribution is -2.20. The number of nitrogens with one attached hydrogen (secondary N) is 1. The summed E-state index contributed by atoms with van der Waals surface area (Å²) < 4.78 is 2.07. The van der Waals surface area contributed by atoms with Gasteiger partial charge in [0.05, 0.1) is 12.5 Å². The highest BCUT2D eigenvalue weighted by atomic mass is 35.5. The Morgan fingerprint density at radius 3 is 2.52 bits per heavy atom. The topological polar surface area (TPSA) is 34.0 Å². The molecule has 25 heavy (non-hydrogen) atoms. The average molecular weight is 353 g/mol. The van der Waals surface area contributed by atoms with Crippen molar-refractivity contribution in [3.05, 3.63) is 88.7 Å². The lowest BCUT2D eigenvalue weighted by Gasteiger charge is -2.20. The second-order valence-electron chi connectivity index (χ2n) is 6.22. The summed E-state index contributed by atoms with van der Waals surface area (Å²) in [6, 6.07) is 17.7. The third-order valence-electron chi connectivity index (χ3n) is 4.33. The van der Waals surface area contributed by atoms with Gasteiger partial charge in [-0.05, 0) is 49.2 Å². The lowest BCUT2D eigenvalue weighted by atomic mass is 10.0. The monoisotopic (exact) mass is 352 g/mol. The number of hydrogen-bond donors (Lipinski definition) is 1. The van der Waals surface area contributed by atoms with E-state index in [0.29, 0.717) is 11.4 Å². The zero-order valence-electron chi connectivity index (χ0n) is 14.4. The molecule has 2 aromatic carbocycles. The van der Waals surface area contributed by atoms with Crippen LogP contribution in [0.2, 0.25) is 5.02 Å². The number of carbonyl (C=O) groups excluding carboxylic acids is 1. The Balaban J connectivity index is 1.83. The molecule has 3 nitrogen and oxygen atoms in total. The van der Waals surface area contributed by atoms with Gasteiger partial charge < -0.3 is 9.88 Å². The van der Waals surface area contributed by atoms with Gasteiger partial charge in [0.25, 0.3) is 0 Å². The molecule has 0 radical (unpaired) electrons. The standard InChI is InChI=1S/C21H21ClN2O/c1-15-7-5-8-17(13-15)20(24-11-3-4-12-24)14-21(25)23-19-10-6-9-18(22)16(19)2/h3-13,20H,14H2,1-2H3,(H,23,25). The van der Waals surface area contributed by atoms with Crippen molar-refractivity contribution in [2.75, 3.05) is 5.32 Å². The van der Waals surface area contributed by atoms with Gasteiger partial charge in [-0.2, -0.15) is 0 Å². The van der Waals surface area contributed by atoms with Crippen LogP contribution in [0.4, 0.5) is 5.69 Å². The number of aryl methyl sites for hydroxylation is 1. The molecule has 1 N–H and O–H groups in total. The Morgan fingerprint density at radius 2 is 1.80 bits per heavy atom. The minimum Gasteiger partial charge on any atom is -0.346 e. The molecule has 1 heterocycles. The lowest BCUT2D eigenvalue weighted by molar-refractivity contribution is -0.116. The first kappa shape index (κ1) is 17.3. The van der Waals surface area contributed by atoms with Gasteiger partial charge in [0.2, 0.25) is 5.91 Å². The van der Waals surface area contributed by atoms with Crippen LogP contribution in [0.15, 0.2) is 67.0 Å². The summed E-state index contributed by atoms with van der Waals surface area (Å²) in [4.78, 5) is 12.7. The zero-order chi connectivity index (χ0) is 17.8. The highest BCUT2D eigenvalue weighted by Gasteiger charge is 2.18. The molecular weight excluding hydrogens is 332 g/mol. The molecule has 0 saturated carbocycles. The predicted octanol–water partition coefficient (Wildman–Crippen LogP) is 5.38. The fourth-order valence-electron chi connectivity index (χ4n) is 2.95. The van der Waals surface area contributed by atoms with Gasteiger partial charge in [0, 0.05) is 23.1 Å². The van der Waals surface area contributed by atoms with Gasteiger partial charge in [0.15, 0.2) is 0 Å². The van der Waals surface area contributed by atoms with Crippen molar-refractivity contribution in [2.24, 2.45) is 0 Å². The summed E-state index contributed by atoms with van der Waals surface area (Å²) in [5, 5.41) is 3.64. The van der Waals surface area contributed by atoms with E-state index in [1.807, 2.05) is 55.7 Å². The first-order valence-corrected chi connectivity index (χ1v) is 8.66. The molecule has 1 atom stereocenters. The highest BCUT2D eigenvalue weighted by molar-refractivity contribution is 6.31. The first-order valence-electron chi connectivity index (χ1n) is 8.28. The predicted molar refractivity (Wildman–Crippen MR) is 103 cm³/mol. The van der Waals surface area contributed by atoms with Gasteiger partial charge in [-0.1, -0.05) is 47.5 Å². The normalized spacial score (nSPS) is 12.0. The van der Waals surface area contributed by atoms with Crippen LogP contribution in [0.5, 0.6) is 0 Å². The number of hydrogen-bond acceptors (Lipinski definition) is 1. The van der Waals surface area contributed by atoms with Crippen LogP contribution in [-0.4, -0.2) is 10.5 Å². The molecule has 0 spiro atoms. The molecule has 1 amide bonds. The minimum atomic E-state index is -0.0469. The third kappa shape index (κ3) is 4.12. The molecule has 3 aromatic rings. The number of benzene rings is 2. The Kier molecular flexibility index (Phi) is 5.25. The van der Waals surface area contributed by atoms with Crippen LogP contribution in [0.25, 0.3) is 0 Å². The van der Waals surface area contributed by atoms with E-state index in [4.69, 9.17) is 11.6 Å². The summed E-state index contributed by atoms with van der Waals surface area (Å²) in [5.41, 5.74) is 3.94. The van der Waals surface area contributed by atoms with E-state index < -0.39 is 0 Å². The molecule has 0 aliphatic rings. The van der Waals surface area contributed by atoms with E-state index in [-0.39, 0.29) is 11.9 Å². The number of nitrogens with zero attached hydrogens (tertiary/aromatic N) is 1. The quantitative estimate of drug-likeness (QED) is 0.657. The van der Waals surface area contributed by atoms with E-state index in [1.54, 1.807) is 0 Å².